The van der Waals surface area contributed by atoms with Crippen LogP contribution in [0.15, 0.2) is 24.3 Å². The van der Waals surface area contributed by atoms with Gasteiger partial charge in [0.2, 0.25) is 0 Å². The van der Waals surface area contributed by atoms with Gasteiger partial charge in [-0.25, -0.2) is 0 Å². The molecular weight excluding hydrogens is 252 g/mol. The molecular formula is C16H28N2O2. The first-order valence-electron chi connectivity index (χ1n) is 7.16. The van der Waals surface area contributed by atoms with Gasteiger partial charge in [0.25, 0.3) is 0 Å². The molecule has 0 radical (unpaired) electrons. The van der Waals surface area contributed by atoms with Crippen molar-refractivity contribution in [3.8, 4) is 5.75 Å². The molecule has 0 aromatic heterocycles. The molecule has 2 unspecified atom stereocenters. The van der Waals surface area contributed by atoms with Crippen molar-refractivity contribution >= 4 is 0 Å². The fourth-order valence-corrected chi connectivity index (χ4v) is 2.59. The maximum atomic E-state index is 6.26. The van der Waals surface area contributed by atoms with Crippen molar-refractivity contribution in [3.63, 3.8) is 0 Å². The second-order valence-corrected chi connectivity index (χ2v) is 5.37. The van der Waals surface area contributed by atoms with Crippen LogP contribution in [0.3, 0.4) is 0 Å². The minimum absolute atomic E-state index is 0.00514. The molecule has 0 saturated carbocycles. The van der Waals surface area contributed by atoms with Crippen LogP contribution < -0.4 is 10.5 Å². The summed E-state index contributed by atoms with van der Waals surface area (Å²) in [6.45, 7) is 7.94. The van der Waals surface area contributed by atoms with Crippen LogP contribution in [0, 0.1) is 0 Å². The van der Waals surface area contributed by atoms with Gasteiger partial charge in [0.1, 0.15) is 5.75 Å². The van der Waals surface area contributed by atoms with E-state index in [1.807, 2.05) is 25.1 Å². The standard InChI is InChI=1S/C16H28N2O2/c1-12(2)18(10-11-19-4)16(13(3)17)14-8-6-7-9-15(14)20-5/h6-9,12-13,16H,10-11,17H2,1-5H3. The normalized spacial score (nSPS) is 14.6. The summed E-state index contributed by atoms with van der Waals surface area (Å²) in [6.07, 6.45) is 0. The van der Waals surface area contributed by atoms with E-state index in [0.29, 0.717) is 12.6 Å². The van der Waals surface area contributed by atoms with Crippen LogP contribution in [0.1, 0.15) is 32.4 Å². The van der Waals surface area contributed by atoms with Gasteiger partial charge in [0.15, 0.2) is 0 Å². The fourth-order valence-electron chi connectivity index (χ4n) is 2.59. The number of benzene rings is 1. The lowest BCUT2D eigenvalue weighted by atomic mass is 9.97. The van der Waals surface area contributed by atoms with Gasteiger partial charge in [0.05, 0.1) is 19.8 Å². The number of ether oxygens (including phenoxy) is 2. The van der Waals surface area contributed by atoms with Crippen molar-refractivity contribution in [1.82, 2.24) is 4.90 Å². The minimum Gasteiger partial charge on any atom is -0.496 e. The van der Waals surface area contributed by atoms with Gasteiger partial charge in [-0.05, 0) is 26.8 Å². The Morgan fingerprint density at radius 3 is 2.30 bits per heavy atom. The Hall–Kier alpha value is -1.10. The van der Waals surface area contributed by atoms with Gasteiger partial charge < -0.3 is 15.2 Å². The third-order valence-electron chi connectivity index (χ3n) is 3.53. The van der Waals surface area contributed by atoms with E-state index < -0.39 is 0 Å². The number of methoxy groups -OCH3 is 2. The first kappa shape index (κ1) is 17.0. The lowest BCUT2D eigenvalue weighted by molar-refractivity contribution is 0.0852. The Morgan fingerprint density at radius 2 is 1.80 bits per heavy atom. The molecule has 1 aromatic rings. The van der Waals surface area contributed by atoms with Gasteiger partial charge in [0, 0.05) is 31.3 Å². The summed E-state index contributed by atoms with van der Waals surface area (Å²) in [6, 6.07) is 8.59. The van der Waals surface area contributed by atoms with E-state index in [2.05, 4.69) is 24.8 Å². The zero-order valence-corrected chi connectivity index (χ0v) is 13.3. The second-order valence-electron chi connectivity index (χ2n) is 5.37. The van der Waals surface area contributed by atoms with E-state index in [1.165, 1.54) is 0 Å². The molecule has 0 aliphatic heterocycles. The minimum atomic E-state index is 0.00514. The van der Waals surface area contributed by atoms with Crippen molar-refractivity contribution in [1.29, 1.82) is 0 Å². The van der Waals surface area contributed by atoms with Gasteiger partial charge in [-0.1, -0.05) is 18.2 Å². The second kappa shape index (κ2) is 8.25. The van der Waals surface area contributed by atoms with E-state index >= 15 is 0 Å². The molecule has 4 nitrogen and oxygen atoms in total. The Labute approximate surface area is 122 Å². The number of rotatable bonds is 8. The highest BCUT2D eigenvalue weighted by molar-refractivity contribution is 5.36. The van der Waals surface area contributed by atoms with Crippen molar-refractivity contribution in [2.24, 2.45) is 5.73 Å². The van der Waals surface area contributed by atoms with Crippen molar-refractivity contribution in [2.75, 3.05) is 27.4 Å². The van der Waals surface area contributed by atoms with Crippen LogP contribution in [-0.2, 0) is 4.74 Å². The van der Waals surface area contributed by atoms with Gasteiger partial charge in [-0.15, -0.1) is 0 Å². The summed E-state index contributed by atoms with van der Waals surface area (Å²) in [7, 11) is 3.43. The highest BCUT2D eigenvalue weighted by Crippen LogP contribution is 2.32. The SMILES string of the molecule is COCCN(C(C)C)C(c1ccccc1OC)C(C)N. The van der Waals surface area contributed by atoms with Crippen LogP contribution in [0.25, 0.3) is 0 Å². The summed E-state index contributed by atoms with van der Waals surface area (Å²) >= 11 is 0. The third kappa shape index (κ3) is 4.20. The molecule has 0 aliphatic carbocycles. The summed E-state index contributed by atoms with van der Waals surface area (Å²) in [5.41, 5.74) is 7.40. The number of hydrogen-bond donors (Lipinski definition) is 1. The van der Waals surface area contributed by atoms with E-state index in [4.69, 9.17) is 15.2 Å². The van der Waals surface area contributed by atoms with Crippen LogP contribution in [0.5, 0.6) is 5.75 Å². The Bertz CT molecular complexity index is 394. The maximum absolute atomic E-state index is 6.26. The molecule has 20 heavy (non-hydrogen) atoms. The Morgan fingerprint density at radius 1 is 1.15 bits per heavy atom. The lowest BCUT2D eigenvalue weighted by Gasteiger charge is -2.38. The highest BCUT2D eigenvalue weighted by atomic mass is 16.5. The highest BCUT2D eigenvalue weighted by Gasteiger charge is 2.28. The summed E-state index contributed by atoms with van der Waals surface area (Å²) < 4.78 is 10.7. The number of nitrogens with zero attached hydrogens (tertiary/aromatic N) is 1. The largest absolute Gasteiger partial charge is 0.496 e. The summed E-state index contributed by atoms with van der Waals surface area (Å²) in [5.74, 6) is 0.887. The first-order chi connectivity index (χ1) is 9.52. The summed E-state index contributed by atoms with van der Waals surface area (Å²) in [5, 5.41) is 0. The molecule has 2 N–H and O–H groups in total. The van der Waals surface area contributed by atoms with E-state index in [1.54, 1.807) is 14.2 Å². The molecule has 0 amide bonds. The van der Waals surface area contributed by atoms with Gasteiger partial charge in [-0.3, -0.25) is 4.90 Å². The quantitative estimate of drug-likeness (QED) is 0.794. The molecule has 0 heterocycles. The average Bonchev–Trinajstić information content (AvgIpc) is 2.42. The van der Waals surface area contributed by atoms with Crippen molar-refractivity contribution in [2.45, 2.75) is 38.9 Å². The smallest absolute Gasteiger partial charge is 0.123 e. The number of para-hydroxylation sites is 1. The molecule has 0 spiro atoms. The van der Waals surface area contributed by atoms with E-state index in [0.717, 1.165) is 17.9 Å². The monoisotopic (exact) mass is 280 g/mol. The van der Waals surface area contributed by atoms with Crippen molar-refractivity contribution < 1.29 is 9.47 Å². The first-order valence-corrected chi connectivity index (χ1v) is 7.16. The zero-order chi connectivity index (χ0) is 15.1. The van der Waals surface area contributed by atoms with Crippen LogP contribution >= 0.6 is 0 Å². The van der Waals surface area contributed by atoms with Crippen LogP contribution in [0.2, 0.25) is 0 Å². The molecule has 0 aliphatic rings. The lowest BCUT2D eigenvalue weighted by Crippen LogP contribution is -2.44. The molecule has 1 aromatic carbocycles. The van der Waals surface area contributed by atoms with Gasteiger partial charge in [-0.2, -0.15) is 0 Å². The van der Waals surface area contributed by atoms with E-state index in [-0.39, 0.29) is 12.1 Å². The third-order valence-corrected chi connectivity index (χ3v) is 3.53. The Balaban J connectivity index is 3.13. The predicted molar refractivity (Wildman–Crippen MR) is 83.1 cm³/mol. The summed E-state index contributed by atoms with van der Waals surface area (Å²) in [4.78, 5) is 2.37. The number of hydrogen-bond acceptors (Lipinski definition) is 4. The topological polar surface area (TPSA) is 47.7 Å². The predicted octanol–water partition coefficient (Wildman–Crippen LogP) is 2.44. The molecule has 114 valence electrons. The average molecular weight is 280 g/mol. The fraction of sp³-hybridized carbons (Fsp3) is 0.625. The molecule has 0 saturated heterocycles. The van der Waals surface area contributed by atoms with Crippen LogP contribution in [-0.4, -0.2) is 44.4 Å². The van der Waals surface area contributed by atoms with Gasteiger partial charge >= 0.3 is 0 Å². The molecule has 2 atom stereocenters. The maximum Gasteiger partial charge on any atom is 0.123 e. The van der Waals surface area contributed by atoms with Crippen molar-refractivity contribution in [3.05, 3.63) is 29.8 Å². The number of nitrogens with two attached hydrogens (primary N) is 1. The Kier molecular flexibility index (Phi) is 6.99. The zero-order valence-electron chi connectivity index (χ0n) is 13.3. The van der Waals surface area contributed by atoms with E-state index in [9.17, 15) is 0 Å². The molecule has 4 heteroatoms. The molecule has 1 rings (SSSR count). The molecule has 0 fully saturated rings. The van der Waals surface area contributed by atoms with Crippen LogP contribution in [0.4, 0.5) is 0 Å². The molecule has 0 bridgehead atoms.